The van der Waals surface area contributed by atoms with Gasteiger partial charge >= 0.3 is 18.0 Å². The SMILES string of the molecule is CC(C)(C)OC(=O)N(N)[C@@](Cc1ccccc1)(C(=O)OCC#N)C(=O)OC(C)(C)C. The van der Waals surface area contributed by atoms with Gasteiger partial charge in [0.25, 0.3) is 5.54 Å². The quantitative estimate of drug-likeness (QED) is 0.186. The number of amides is 1. The Balaban J connectivity index is 3.59. The zero-order valence-electron chi connectivity index (χ0n) is 18.2. The van der Waals surface area contributed by atoms with E-state index < -0.39 is 41.4 Å². The lowest BCUT2D eigenvalue weighted by Gasteiger charge is -2.38. The zero-order chi connectivity index (χ0) is 23.2. The highest BCUT2D eigenvalue weighted by molar-refractivity contribution is 6.07. The molecule has 0 aliphatic carbocycles. The van der Waals surface area contributed by atoms with Crippen molar-refractivity contribution in [1.82, 2.24) is 5.01 Å². The average Bonchev–Trinajstić information content (AvgIpc) is 2.61. The van der Waals surface area contributed by atoms with Crippen molar-refractivity contribution in [3.8, 4) is 6.07 Å². The maximum atomic E-state index is 13.3. The van der Waals surface area contributed by atoms with Crippen molar-refractivity contribution in [2.45, 2.75) is 64.7 Å². The van der Waals surface area contributed by atoms with Gasteiger partial charge in [-0.2, -0.15) is 5.26 Å². The van der Waals surface area contributed by atoms with Gasteiger partial charge in [-0.3, -0.25) is 0 Å². The molecule has 1 amide bonds. The molecule has 1 aromatic carbocycles. The summed E-state index contributed by atoms with van der Waals surface area (Å²) in [5, 5.41) is 9.20. The Morgan fingerprint density at radius 1 is 0.967 bits per heavy atom. The third kappa shape index (κ3) is 6.74. The predicted molar refractivity (Wildman–Crippen MR) is 108 cm³/mol. The largest absolute Gasteiger partial charge is 0.458 e. The van der Waals surface area contributed by atoms with E-state index in [1.165, 1.54) is 0 Å². The second kappa shape index (κ2) is 9.59. The van der Waals surface area contributed by atoms with Gasteiger partial charge in [-0.1, -0.05) is 30.3 Å². The maximum Gasteiger partial charge on any atom is 0.426 e. The summed E-state index contributed by atoms with van der Waals surface area (Å²) in [4.78, 5) is 39.1. The number of rotatable bonds is 6. The summed E-state index contributed by atoms with van der Waals surface area (Å²) >= 11 is 0. The van der Waals surface area contributed by atoms with Gasteiger partial charge in [0.2, 0.25) is 0 Å². The van der Waals surface area contributed by atoms with Crippen LogP contribution < -0.4 is 5.84 Å². The zero-order valence-corrected chi connectivity index (χ0v) is 18.2. The maximum absolute atomic E-state index is 13.3. The lowest BCUT2D eigenvalue weighted by atomic mass is 9.89. The minimum Gasteiger partial charge on any atom is -0.458 e. The van der Waals surface area contributed by atoms with E-state index >= 15 is 0 Å². The van der Waals surface area contributed by atoms with Gasteiger partial charge in [0.15, 0.2) is 6.61 Å². The predicted octanol–water partition coefficient (Wildman–Crippen LogP) is 2.49. The smallest absolute Gasteiger partial charge is 0.426 e. The molecule has 0 spiro atoms. The highest BCUT2D eigenvalue weighted by Crippen LogP contribution is 2.27. The normalized spacial score (nSPS) is 13.4. The second-order valence-corrected chi connectivity index (χ2v) is 8.61. The molecule has 164 valence electrons. The molecule has 9 heteroatoms. The number of nitrogens with zero attached hydrogens (tertiary/aromatic N) is 2. The molecule has 1 rings (SSSR count). The van der Waals surface area contributed by atoms with Crippen molar-refractivity contribution in [2.24, 2.45) is 5.84 Å². The Morgan fingerprint density at radius 3 is 1.97 bits per heavy atom. The van der Waals surface area contributed by atoms with Crippen molar-refractivity contribution in [3.05, 3.63) is 35.9 Å². The number of nitrogens with two attached hydrogens (primary N) is 1. The van der Waals surface area contributed by atoms with Crippen molar-refractivity contribution < 1.29 is 28.6 Å². The summed E-state index contributed by atoms with van der Waals surface area (Å²) < 4.78 is 15.6. The third-order valence-electron chi connectivity index (χ3n) is 3.65. The number of ether oxygens (including phenoxy) is 3. The fraction of sp³-hybridized carbons (Fsp3) is 0.524. The second-order valence-electron chi connectivity index (χ2n) is 8.61. The van der Waals surface area contributed by atoms with Crippen LogP contribution in [-0.2, 0) is 30.2 Å². The van der Waals surface area contributed by atoms with Crippen LogP contribution in [0.15, 0.2) is 30.3 Å². The van der Waals surface area contributed by atoms with E-state index in [9.17, 15) is 14.4 Å². The first-order valence-electron chi connectivity index (χ1n) is 9.32. The third-order valence-corrected chi connectivity index (χ3v) is 3.65. The molecule has 0 saturated heterocycles. The first-order chi connectivity index (χ1) is 13.7. The van der Waals surface area contributed by atoms with Crippen LogP contribution in [0.4, 0.5) is 4.79 Å². The fourth-order valence-electron chi connectivity index (χ4n) is 2.45. The average molecular weight is 419 g/mol. The highest BCUT2D eigenvalue weighted by Gasteiger charge is 2.57. The van der Waals surface area contributed by atoms with E-state index in [4.69, 9.17) is 25.3 Å². The summed E-state index contributed by atoms with van der Waals surface area (Å²) in [6.07, 6.45) is -1.47. The van der Waals surface area contributed by atoms with Gasteiger partial charge in [-0.25, -0.2) is 25.2 Å². The van der Waals surface area contributed by atoms with E-state index in [0.717, 1.165) is 0 Å². The molecule has 0 heterocycles. The topological polar surface area (TPSA) is 132 Å². The minimum absolute atomic E-state index is 0.344. The van der Waals surface area contributed by atoms with E-state index in [1.54, 1.807) is 77.9 Å². The summed E-state index contributed by atoms with van der Waals surface area (Å²) in [6, 6.07) is 10.1. The van der Waals surface area contributed by atoms with E-state index in [2.05, 4.69) is 0 Å². The van der Waals surface area contributed by atoms with Crippen LogP contribution in [0.25, 0.3) is 0 Å². The Labute approximate surface area is 176 Å². The number of nitriles is 1. The summed E-state index contributed by atoms with van der Waals surface area (Å²) in [7, 11) is 0. The number of hydrogen-bond acceptors (Lipinski definition) is 8. The molecule has 0 radical (unpaired) electrons. The molecule has 1 aromatic rings. The summed E-state index contributed by atoms with van der Waals surface area (Å²) in [6.45, 7) is 9.00. The monoisotopic (exact) mass is 419 g/mol. The van der Waals surface area contributed by atoms with Crippen molar-refractivity contribution in [1.29, 1.82) is 5.26 Å². The molecule has 30 heavy (non-hydrogen) atoms. The lowest BCUT2D eigenvalue weighted by molar-refractivity contribution is -0.181. The van der Waals surface area contributed by atoms with E-state index in [-0.39, 0.29) is 6.42 Å². The van der Waals surface area contributed by atoms with Crippen molar-refractivity contribution in [3.63, 3.8) is 0 Å². The summed E-state index contributed by atoms with van der Waals surface area (Å²) in [5.41, 5.74) is -3.84. The molecule has 0 aliphatic rings. The highest BCUT2D eigenvalue weighted by atomic mass is 16.6. The van der Waals surface area contributed by atoms with Gasteiger partial charge in [-0.05, 0) is 47.1 Å². The molecule has 0 aromatic heterocycles. The van der Waals surface area contributed by atoms with Crippen LogP contribution in [0.5, 0.6) is 0 Å². The Bertz CT molecular complexity index is 805. The first-order valence-corrected chi connectivity index (χ1v) is 9.32. The van der Waals surface area contributed by atoms with Crippen molar-refractivity contribution >= 4 is 18.0 Å². The van der Waals surface area contributed by atoms with Crippen LogP contribution in [0.3, 0.4) is 0 Å². The molecule has 0 fully saturated rings. The molecule has 0 bridgehead atoms. The minimum atomic E-state index is -2.41. The standard InChI is InChI=1S/C21H29N3O6/c1-19(2,3)29-17(26)21(16(25)28-13-12-22,14-15-10-8-7-9-11-15)24(23)18(27)30-20(4,5)6/h7-11H,13-14,23H2,1-6H3/t21-/m0/s1. The molecule has 2 N–H and O–H groups in total. The summed E-state index contributed by atoms with van der Waals surface area (Å²) in [5.74, 6) is 3.72. The number of hydrazine groups is 1. The van der Waals surface area contributed by atoms with Crippen LogP contribution in [0, 0.1) is 11.3 Å². The van der Waals surface area contributed by atoms with Gasteiger partial charge in [-0.15, -0.1) is 0 Å². The molecule has 1 atom stereocenters. The van der Waals surface area contributed by atoms with E-state index in [0.29, 0.717) is 10.6 Å². The van der Waals surface area contributed by atoms with E-state index in [1.807, 2.05) is 0 Å². The number of carbonyl (C=O) groups excluding carboxylic acids is 3. The fourth-order valence-corrected chi connectivity index (χ4v) is 2.45. The van der Waals surface area contributed by atoms with Crippen molar-refractivity contribution in [2.75, 3.05) is 6.61 Å². The van der Waals surface area contributed by atoms with Crippen LogP contribution in [0.1, 0.15) is 47.1 Å². The molecular weight excluding hydrogens is 390 g/mol. The molecule has 9 nitrogen and oxygen atoms in total. The van der Waals surface area contributed by atoms with Gasteiger partial charge in [0, 0.05) is 6.42 Å². The van der Waals surface area contributed by atoms with Gasteiger partial charge < -0.3 is 14.2 Å². The molecular formula is C21H29N3O6. The number of carbonyl (C=O) groups is 3. The van der Waals surface area contributed by atoms with Crippen LogP contribution >= 0.6 is 0 Å². The lowest BCUT2D eigenvalue weighted by Crippen LogP contribution is -2.68. The number of hydrogen-bond donors (Lipinski definition) is 1. The van der Waals surface area contributed by atoms with Crippen LogP contribution in [-0.4, -0.2) is 46.4 Å². The Hall–Kier alpha value is -3.12. The number of benzene rings is 1. The van der Waals surface area contributed by atoms with Gasteiger partial charge in [0.05, 0.1) is 0 Å². The molecule has 0 unspecified atom stereocenters. The molecule has 0 aliphatic heterocycles. The van der Waals surface area contributed by atoms with Gasteiger partial charge in [0.1, 0.15) is 17.3 Å². The Morgan fingerprint density at radius 2 is 1.50 bits per heavy atom. The Kier molecular flexibility index (Phi) is 7.96. The molecule has 0 saturated carbocycles. The first kappa shape index (κ1) is 24.9. The van der Waals surface area contributed by atoms with Crippen LogP contribution in [0.2, 0.25) is 0 Å². The number of esters is 2.